The smallest absolute Gasteiger partial charge is 0.224 e. The summed E-state index contributed by atoms with van der Waals surface area (Å²) in [6.45, 7) is 12.5. The molecule has 2 N–H and O–H groups in total. The predicted octanol–water partition coefficient (Wildman–Crippen LogP) is 3.79. The third-order valence-electron chi connectivity index (χ3n) is 3.20. The summed E-state index contributed by atoms with van der Waals surface area (Å²) in [5.74, 6) is 1.11. The van der Waals surface area contributed by atoms with E-state index in [1.54, 1.807) is 13.2 Å². The summed E-state index contributed by atoms with van der Waals surface area (Å²) in [4.78, 5) is 15.5. The molecule has 0 radical (unpaired) electrons. The number of hydrogen-bond donors (Lipinski definition) is 3. The van der Waals surface area contributed by atoms with Crippen LogP contribution in [0.15, 0.2) is 35.6 Å². The molecule has 0 heterocycles. The summed E-state index contributed by atoms with van der Waals surface area (Å²) >= 11 is 3.53. The van der Waals surface area contributed by atoms with Gasteiger partial charge in [-0.25, -0.2) is 4.99 Å². The van der Waals surface area contributed by atoms with Gasteiger partial charge < -0.3 is 10.6 Å². The van der Waals surface area contributed by atoms with E-state index in [9.17, 15) is 4.79 Å². The van der Waals surface area contributed by atoms with Gasteiger partial charge in [0.2, 0.25) is 5.91 Å². The van der Waals surface area contributed by atoms with Crippen LogP contribution in [0.2, 0.25) is 0 Å². The molecule has 0 fully saturated rings. The lowest BCUT2D eigenvalue weighted by atomic mass is 10.0. The molecule has 0 aliphatic rings. The van der Waals surface area contributed by atoms with E-state index < -0.39 is 0 Å². The molecule has 1 aromatic carbocycles. The molecule has 0 atom stereocenters. The summed E-state index contributed by atoms with van der Waals surface area (Å²) in [6.07, 6.45) is 4.18. The first-order chi connectivity index (χ1) is 11.4. The van der Waals surface area contributed by atoms with Crippen molar-refractivity contribution in [1.29, 1.82) is 0 Å². The Hall–Kier alpha value is -1.75. The third kappa shape index (κ3) is 10.1. The topological polar surface area (TPSA) is 53.5 Å². The highest BCUT2D eigenvalue weighted by Crippen LogP contribution is 2.10. The largest absolute Gasteiger partial charge is 0.370 e. The minimum atomic E-state index is -0.0381. The fourth-order valence-electron chi connectivity index (χ4n) is 2.30. The average Bonchev–Trinajstić information content (AvgIpc) is 2.52. The Morgan fingerprint density at radius 1 is 1.21 bits per heavy atom. The molecule has 0 aliphatic heterocycles. The van der Waals surface area contributed by atoms with Crippen molar-refractivity contribution >= 4 is 24.4 Å². The molecule has 0 aliphatic carbocycles. The van der Waals surface area contributed by atoms with Crippen molar-refractivity contribution in [2.45, 2.75) is 47.0 Å². The number of carbonyl (C=O) groups is 1. The quantitative estimate of drug-likeness (QED) is 0.304. The van der Waals surface area contributed by atoms with Crippen LogP contribution in [-0.4, -0.2) is 24.5 Å². The van der Waals surface area contributed by atoms with Crippen LogP contribution >= 0.6 is 12.6 Å². The number of benzene rings is 1. The van der Waals surface area contributed by atoms with E-state index in [0.29, 0.717) is 18.1 Å². The Morgan fingerprint density at radius 3 is 2.33 bits per heavy atom. The van der Waals surface area contributed by atoms with Crippen LogP contribution in [0, 0.1) is 13.8 Å². The van der Waals surface area contributed by atoms with E-state index in [1.165, 1.54) is 16.7 Å². The number of aryl methyl sites for hydroxylation is 3. The molecule has 4 nitrogen and oxygen atoms in total. The van der Waals surface area contributed by atoms with E-state index in [2.05, 4.69) is 66.9 Å². The zero-order valence-corrected chi connectivity index (χ0v) is 16.5. The molecule has 0 unspecified atom stereocenters. The van der Waals surface area contributed by atoms with Crippen molar-refractivity contribution in [3.05, 3.63) is 47.3 Å². The lowest BCUT2D eigenvalue weighted by Crippen LogP contribution is -2.28. The van der Waals surface area contributed by atoms with Crippen molar-refractivity contribution in [2.75, 3.05) is 12.8 Å². The normalized spacial score (nSPS) is 10.5. The first-order valence-corrected chi connectivity index (χ1v) is 9.10. The lowest BCUT2D eigenvalue weighted by Gasteiger charge is -2.08. The van der Waals surface area contributed by atoms with E-state index in [1.807, 2.05) is 6.92 Å². The number of carbonyl (C=O) groups excluding carboxylic acids is 1. The molecule has 24 heavy (non-hydrogen) atoms. The molecule has 0 aromatic heterocycles. The molecular formula is C19H31N3OS. The molecule has 134 valence electrons. The van der Waals surface area contributed by atoms with Crippen molar-refractivity contribution < 1.29 is 4.79 Å². The van der Waals surface area contributed by atoms with Gasteiger partial charge in [-0.2, -0.15) is 12.6 Å². The lowest BCUT2D eigenvalue weighted by molar-refractivity contribution is -0.119. The van der Waals surface area contributed by atoms with Crippen LogP contribution in [0.1, 0.15) is 43.4 Å². The number of nitrogens with zero attached hydrogens (tertiary/aromatic N) is 1. The van der Waals surface area contributed by atoms with Gasteiger partial charge in [-0.3, -0.25) is 4.79 Å². The second-order valence-corrected chi connectivity index (χ2v) is 5.57. The molecule has 1 rings (SSSR count). The number of nitrogens with one attached hydrogen (secondary N) is 2. The Kier molecular flexibility index (Phi) is 11.7. The summed E-state index contributed by atoms with van der Waals surface area (Å²) in [6, 6.07) is 6.64. The minimum Gasteiger partial charge on any atom is -0.370 e. The molecule has 0 saturated heterocycles. The van der Waals surface area contributed by atoms with Gasteiger partial charge in [0.1, 0.15) is 11.7 Å². The molecule has 0 saturated carbocycles. The Balaban J connectivity index is 0.00000254. The second-order valence-electron chi connectivity index (χ2n) is 5.57. The minimum absolute atomic E-state index is 0.0381. The first-order valence-electron chi connectivity index (χ1n) is 8.20. The Labute approximate surface area is 152 Å². The van der Waals surface area contributed by atoms with E-state index >= 15 is 0 Å². The van der Waals surface area contributed by atoms with Crippen molar-refractivity contribution in [2.24, 2.45) is 4.99 Å². The van der Waals surface area contributed by atoms with E-state index in [4.69, 9.17) is 0 Å². The SMILES string of the molecule is C=C(/N=C(\C)NC(=O)CC)NCCCc1cc(C)cc(C)c1.CS. The highest BCUT2D eigenvalue weighted by Gasteiger charge is 2.00. The highest BCUT2D eigenvalue weighted by molar-refractivity contribution is 7.79. The molecule has 0 spiro atoms. The zero-order chi connectivity index (χ0) is 18.5. The van der Waals surface area contributed by atoms with Crippen molar-refractivity contribution in [3.63, 3.8) is 0 Å². The number of amidine groups is 1. The summed E-state index contributed by atoms with van der Waals surface area (Å²) < 4.78 is 0. The Morgan fingerprint density at radius 2 is 1.79 bits per heavy atom. The highest BCUT2D eigenvalue weighted by atomic mass is 32.1. The fourth-order valence-corrected chi connectivity index (χ4v) is 2.30. The van der Waals surface area contributed by atoms with Crippen LogP contribution in [0.4, 0.5) is 0 Å². The third-order valence-corrected chi connectivity index (χ3v) is 3.20. The number of hydrogen-bond acceptors (Lipinski definition) is 4. The van der Waals surface area contributed by atoms with Crippen molar-refractivity contribution in [1.82, 2.24) is 10.6 Å². The molecule has 1 aromatic rings. The van der Waals surface area contributed by atoms with Gasteiger partial charge in [0.05, 0.1) is 0 Å². The summed E-state index contributed by atoms with van der Waals surface area (Å²) in [5, 5.41) is 5.87. The number of aliphatic imine (C=N–C) groups is 1. The fraction of sp³-hybridized carbons (Fsp3) is 0.474. The molecular weight excluding hydrogens is 318 g/mol. The maximum absolute atomic E-state index is 11.2. The van der Waals surface area contributed by atoms with Crippen LogP contribution in [0.5, 0.6) is 0 Å². The second kappa shape index (κ2) is 12.6. The molecule has 0 bridgehead atoms. The van der Waals surface area contributed by atoms with Crippen LogP contribution in [0.3, 0.4) is 0 Å². The van der Waals surface area contributed by atoms with E-state index in [0.717, 1.165) is 19.4 Å². The number of thiol groups is 1. The standard InChI is InChI=1S/C18H27N3O.CH4S/c1-6-18(22)21-16(5)20-15(4)19-9-7-8-17-11-13(2)10-14(3)12-17;1-2/h10-12,19H,4,6-9H2,1-3,5H3,(H,20,21,22);2H,1H3. The summed E-state index contributed by atoms with van der Waals surface area (Å²) in [5.41, 5.74) is 3.97. The van der Waals surface area contributed by atoms with Crippen LogP contribution in [0.25, 0.3) is 0 Å². The van der Waals surface area contributed by atoms with Gasteiger partial charge in [0.25, 0.3) is 0 Å². The van der Waals surface area contributed by atoms with Gasteiger partial charge in [-0.05, 0) is 45.4 Å². The maximum Gasteiger partial charge on any atom is 0.224 e. The number of amides is 1. The van der Waals surface area contributed by atoms with Crippen LogP contribution in [-0.2, 0) is 11.2 Å². The maximum atomic E-state index is 11.2. The van der Waals surface area contributed by atoms with Crippen molar-refractivity contribution in [3.8, 4) is 0 Å². The van der Waals surface area contributed by atoms with Gasteiger partial charge in [0, 0.05) is 13.0 Å². The van der Waals surface area contributed by atoms with Gasteiger partial charge in [-0.15, -0.1) is 0 Å². The van der Waals surface area contributed by atoms with Gasteiger partial charge in [-0.1, -0.05) is 42.8 Å². The van der Waals surface area contributed by atoms with Gasteiger partial charge in [0.15, 0.2) is 0 Å². The molecule has 5 heteroatoms. The predicted molar refractivity (Wildman–Crippen MR) is 108 cm³/mol. The first kappa shape index (κ1) is 22.2. The number of rotatable bonds is 7. The Bertz CT molecular complexity index is 547. The zero-order valence-electron chi connectivity index (χ0n) is 15.6. The van der Waals surface area contributed by atoms with Gasteiger partial charge >= 0.3 is 0 Å². The monoisotopic (exact) mass is 349 g/mol. The average molecular weight is 350 g/mol. The van der Waals surface area contributed by atoms with E-state index in [-0.39, 0.29) is 5.91 Å². The molecule has 1 amide bonds. The van der Waals surface area contributed by atoms with Crippen LogP contribution < -0.4 is 10.6 Å². The summed E-state index contributed by atoms with van der Waals surface area (Å²) in [7, 11) is 0.